The molecule has 4 rings (SSSR count). The number of aromatic nitrogens is 2. The fraction of sp³-hybridized carbons (Fsp3) is 0.0476. The Kier molecular flexibility index (Phi) is 5.66. The molecule has 0 saturated heterocycles. The highest BCUT2D eigenvalue weighted by Gasteiger charge is 2.12. The second-order valence-corrected chi connectivity index (χ2v) is 8.67. The molecule has 8 heteroatoms. The number of thiocarbonyl (C=S) groups is 1. The Morgan fingerprint density at radius 3 is 2.76 bits per heavy atom. The maximum absolute atomic E-state index is 12.4. The zero-order valence-corrected chi connectivity index (χ0v) is 18.5. The molecule has 0 saturated carbocycles. The average molecular weight is 483 g/mol. The third kappa shape index (κ3) is 4.50. The smallest absolute Gasteiger partial charge is 0.259 e. The van der Waals surface area contributed by atoms with Crippen molar-refractivity contribution in [3.63, 3.8) is 0 Å². The van der Waals surface area contributed by atoms with Crippen molar-refractivity contribution in [1.82, 2.24) is 15.3 Å². The highest BCUT2D eigenvalue weighted by Crippen LogP contribution is 2.32. The topological polar surface area (TPSA) is 66.9 Å². The van der Waals surface area contributed by atoms with Gasteiger partial charge in [-0.05, 0) is 64.9 Å². The highest BCUT2D eigenvalue weighted by atomic mass is 79.9. The van der Waals surface area contributed by atoms with Gasteiger partial charge in [-0.15, -0.1) is 11.3 Å². The zero-order valence-electron chi connectivity index (χ0n) is 15.3. The molecule has 29 heavy (non-hydrogen) atoms. The standard InChI is InChI=1S/C21H15BrN4OS2/c1-12-6-7-13(20-24-16-4-2-3-5-18(16)29-20)9-17(12)25-21(28)26-19(27)14-8-15(22)11-23-10-14/h2-11H,1H3,(H2,25,26,27,28). The number of benzene rings is 2. The van der Waals surface area contributed by atoms with E-state index >= 15 is 0 Å². The summed E-state index contributed by atoms with van der Waals surface area (Å²) in [7, 11) is 0. The van der Waals surface area contributed by atoms with Gasteiger partial charge < -0.3 is 5.32 Å². The minimum atomic E-state index is -0.323. The lowest BCUT2D eigenvalue weighted by Crippen LogP contribution is -2.34. The molecule has 0 aliphatic carbocycles. The number of hydrogen-bond donors (Lipinski definition) is 2. The van der Waals surface area contributed by atoms with Crippen LogP contribution >= 0.6 is 39.5 Å². The molecule has 1 amide bonds. The highest BCUT2D eigenvalue weighted by molar-refractivity contribution is 9.10. The van der Waals surface area contributed by atoms with Crippen molar-refractivity contribution in [1.29, 1.82) is 0 Å². The van der Waals surface area contributed by atoms with Crippen LogP contribution in [0.3, 0.4) is 0 Å². The third-order valence-corrected chi connectivity index (χ3v) is 5.94. The van der Waals surface area contributed by atoms with Crippen LogP contribution in [0.2, 0.25) is 0 Å². The molecule has 144 valence electrons. The quantitative estimate of drug-likeness (QED) is 0.374. The summed E-state index contributed by atoms with van der Waals surface area (Å²) in [5, 5.41) is 6.96. The predicted octanol–water partition coefficient (Wildman–Crippen LogP) is 5.56. The normalized spacial score (nSPS) is 10.7. The number of carbonyl (C=O) groups is 1. The zero-order chi connectivity index (χ0) is 20.4. The van der Waals surface area contributed by atoms with Crippen molar-refractivity contribution in [3.8, 4) is 10.6 Å². The second kappa shape index (κ2) is 8.36. The van der Waals surface area contributed by atoms with Crippen LogP contribution in [0.15, 0.2) is 65.4 Å². The molecule has 0 aliphatic rings. The monoisotopic (exact) mass is 482 g/mol. The number of aryl methyl sites for hydroxylation is 1. The number of fused-ring (bicyclic) bond motifs is 1. The van der Waals surface area contributed by atoms with Crippen LogP contribution in [0.4, 0.5) is 5.69 Å². The first kappa shape index (κ1) is 19.6. The molecule has 0 unspecified atom stereocenters. The Morgan fingerprint density at radius 2 is 1.97 bits per heavy atom. The lowest BCUT2D eigenvalue weighted by molar-refractivity contribution is 0.0977. The maximum Gasteiger partial charge on any atom is 0.259 e. The number of amides is 1. The third-order valence-electron chi connectivity index (χ3n) is 4.22. The average Bonchev–Trinajstić information content (AvgIpc) is 3.14. The van der Waals surface area contributed by atoms with Gasteiger partial charge in [0.2, 0.25) is 0 Å². The van der Waals surface area contributed by atoms with Gasteiger partial charge in [0.1, 0.15) is 5.01 Å². The molecule has 0 bridgehead atoms. The fourth-order valence-electron chi connectivity index (χ4n) is 2.75. The summed E-state index contributed by atoms with van der Waals surface area (Å²) in [6, 6.07) is 15.8. The van der Waals surface area contributed by atoms with Crippen LogP contribution in [0.5, 0.6) is 0 Å². The van der Waals surface area contributed by atoms with Crippen molar-refractivity contribution in [2.24, 2.45) is 0 Å². The summed E-state index contributed by atoms with van der Waals surface area (Å²) in [6.07, 6.45) is 3.10. The first-order valence-corrected chi connectivity index (χ1v) is 10.7. The van der Waals surface area contributed by atoms with E-state index in [-0.39, 0.29) is 11.0 Å². The van der Waals surface area contributed by atoms with Crippen molar-refractivity contribution >= 4 is 66.4 Å². The van der Waals surface area contributed by atoms with E-state index in [2.05, 4.69) is 37.6 Å². The Bertz CT molecular complexity index is 1210. The number of halogens is 1. The Balaban J connectivity index is 1.53. The molecule has 5 nitrogen and oxygen atoms in total. The molecule has 0 aliphatic heterocycles. The van der Waals surface area contributed by atoms with E-state index < -0.39 is 0 Å². The first-order chi connectivity index (χ1) is 14.0. The van der Waals surface area contributed by atoms with E-state index in [1.54, 1.807) is 23.6 Å². The van der Waals surface area contributed by atoms with Gasteiger partial charge in [-0.25, -0.2) is 4.98 Å². The van der Waals surface area contributed by atoms with Crippen molar-refractivity contribution in [2.75, 3.05) is 5.32 Å². The minimum absolute atomic E-state index is 0.222. The van der Waals surface area contributed by atoms with Crippen molar-refractivity contribution in [3.05, 3.63) is 76.5 Å². The molecule has 2 heterocycles. The largest absolute Gasteiger partial charge is 0.332 e. The SMILES string of the molecule is Cc1ccc(-c2nc3ccccc3s2)cc1NC(=S)NC(=O)c1cncc(Br)c1. The maximum atomic E-state index is 12.4. The summed E-state index contributed by atoms with van der Waals surface area (Å²) in [5.74, 6) is -0.323. The van der Waals surface area contributed by atoms with Crippen LogP contribution in [0.25, 0.3) is 20.8 Å². The number of carbonyl (C=O) groups excluding carboxylic acids is 1. The molecule has 2 aromatic carbocycles. The van der Waals surface area contributed by atoms with Gasteiger partial charge in [0, 0.05) is 28.1 Å². The number of anilines is 1. The molecule has 0 radical (unpaired) electrons. The van der Waals surface area contributed by atoms with Gasteiger partial charge in [-0.1, -0.05) is 24.3 Å². The van der Waals surface area contributed by atoms with E-state index in [1.807, 2.05) is 43.3 Å². The second-order valence-electron chi connectivity index (χ2n) is 6.32. The van der Waals surface area contributed by atoms with Crippen LogP contribution < -0.4 is 10.6 Å². The Labute approximate surface area is 185 Å². The number of thiazole rings is 1. The van der Waals surface area contributed by atoms with E-state index in [4.69, 9.17) is 17.2 Å². The van der Waals surface area contributed by atoms with Gasteiger partial charge in [0.15, 0.2) is 5.11 Å². The van der Waals surface area contributed by atoms with E-state index in [1.165, 1.54) is 6.20 Å². The van der Waals surface area contributed by atoms with Gasteiger partial charge in [-0.3, -0.25) is 15.1 Å². The summed E-state index contributed by atoms with van der Waals surface area (Å²) in [4.78, 5) is 21.1. The number of hydrogen-bond acceptors (Lipinski definition) is 5. The fourth-order valence-corrected chi connectivity index (χ4v) is 4.28. The minimum Gasteiger partial charge on any atom is -0.332 e. The molecular weight excluding hydrogens is 468 g/mol. The summed E-state index contributed by atoms with van der Waals surface area (Å²) in [6.45, 7) is 1.98. The first-order valence-electron chi connectivity index (χ1n) is 8.69. The summed E-state index contributed by atoms with van der Waals surface area (Å²) >= 11 is 10.3. The molecule has 4 aromatic rings. The number of pyridine rings is 1. The summed E-state index contributed by atoms with van der Waals surface area (Å²) in [5.41, 5.74) is 4.22. The molecule has 0 fully saturated rings. The number of nitrogens with one attached hydrogen (secondary N) is 2. The summed E-state index contributed by atoms with van der Waals surface area (Å²) < 4.78 is 1.87. The Hall–Kier alpha value is -2.68. The van der Waals surface area contributed by atoms with E-state index in [0.29, 0.717) is 5.56 Å². The molecule has 0 atom stereocenters. The molecule has 0 spiro atoms. The number of rotatable bonds is 3. The lowest BCUT2D eigenvalue weighted by Gasteiger charge is -2.13. The van der Waals surface area contributed by atoms with Crippen LogP contribution in [0.1, 0.15) is 15.9 Å². The van der Waals surface area contributed by atoms with Gasteiger partial charge in [0.05, 0.1) is 15.8 Å². The van der Waals surface area contributed by atoms with Gasteiger partial charge in [0.25, 0.3) is 5.91 Å². The molecule has 2 aromatic heterocycles. The molecular formula is C21H15BrN4OS2. The number of para-hydroxylation sites is 1. The van der Waals surface area contributed by atoms with E-state index in [9.17, 15) is 4.79 Å². The number of nitrogens with zero attached hydrogens (tertiary/aromatic N) is 2. The van der Waals surface area contributed by atoms with Crippen LogP contribution in [-0.4, -0.2) is 21.0 Å². The van der Waals surface area contributed by atoms with Gasteiger partial charge >= 0.3 is 0 Å². The van der Waals surface area contributed by atoms with Crippen molar-refractivity contribution < 1.29 is 4.79 Å². The van der Waals surface area contributed by atoms with E-state index in [0.717, 1.165) is 36.5 Å². The predicted molar refractivity (Wildman–Crippen MR) is 125 cm³/mol. The van der Waals surface area contributed by atoms with Crippen LogP contribution in [0, 0.1) is 6.92 Å². The van der Waals surface area contributed by atoms with Crippen molar-refractivity contribution in [2.45, 2.75) is 6.92 Å². The molecule has 2 N–H and O–H groups in total. The van der Waals surface area contributed by atoms with Gasteiger partial charge in [-0.2, -0.15) is 0 Å². The lowest BCUT2D eigenvalue weighted by atomic mass is 10.1. The Morgan fingerprint density at radius 1 is 1.14 bits per heavy atom. The van der Waals surface area contributed by atoms with Crippen LogP contribution in [-0.2, 0) is 0 Å².